The van der Waals surface area contributed by atoms with Crippen molar-refractivity contribution in [3.8, 4) is 0 Å². The van der Waals surface area contributed by atoms with Gasteiger partial charge in [-0.1, -0.05) is 32.0 Å². The van der Waals surface area contributed by atoms with E-state index in [4.69, 9.17) is 0 Å². The zero-order valence-electron chi connectivity index (χ0n) is 13.4. The summed E-state index contributed by atoms with van der Waals surface area (Å²) < 4.78 is 38.7. The first-order valence-corrected chi connectivity index (χ1v) is 7.67. The van der Waals surface area contributed by atoms with Crippen molar-refractivity contribution in [2.24, 2.45) is 5.41 Å². The summed E-state index contributed by atoms with van der Waals surface area (Å²) >= 11 is 0. The molecule has 0 atom stereocenters. The van der Waals surface area contributed by atoms with E-state index in [2.05, 4.69) is 10.3 Å². The van der Waals surface area contributed by atoms with E-state index in [1.807, 2.05) is 19.9 Å². The van der Waals surface area contributed by atoms with Gasteiger partial charge < -0.3 is 10.3 Å². The van der Waals surface area contributed by atoms with Crippen LogP contribution in [-0.2, 0) is 6.42 Å². The molecule has 0 bridgehead atoms. The van der Waals surface area contributed by atoms with Crippen LogP contribution in [0.2, 0.25) is 0 Å². The quantitative estimate of drug-likeness (QED) is 0.826. The molecule has 1 aliphatic rings. The summed E-state index contributed by atoms with van der Waals surface area (Å²) in [5.41, 5.74) is 1.36. The highest BCUT2D eigenvalue weighted by atomic mass is 19.4. The van der Waals surface area contributed by atoms with Gasteiger partial charge in [0, 0.05) is 17.8 Å². The van der Waals surface area contributed by atoms with Crippen LogP contribution in [0.5, 0.6) is 0 Å². The summed E-state index contributed by atoms with van der Waals surface area (Å²) in [6.07, 6.45) is -3.42. The lowest BCUT2D eigenvalue weighted by Gasteiger charge is -2.28. The largest absolute Gasteiger partial charge is 0.398 e. The Labute approximate surface area is 138 Å². The Kier molecular flexibility index (Phi) is 3.94. The standard InChI is InChI=1S/C18H18F3N2O/c1-17(2)8-12-15(14(24)10-17)16(13(23-12)9-18(19,20)21)22-11-6-4-3-5-7-11/h3-7,9,22-23H,8,10H2,1-2H3. The third kappa shape index (κ3) is 3.47. The van der Waals surface area contributed by atoms with Gasteiger partial charge >= 0.3 is 6.18 Å². The number of anilines is 2. The van der Waals surface area contributed by atoms with Gasteiger partial charge in [0.05, 0.1) is 16.9 Å². The van der Waals surface area contributed by atoms with Crippen LogP contribution in [0.4, 0.5) is 24.5 Å². The van der Waals surface area contributed by atoms with Gasteiger partial charge in [-0.05, 0) is 24.0 Å². The summed E-state index contributed by atoms with van der Waals surface area (Å²) in [5.74, 6) is -0.141. The molecule has 127 valence electrons. The van der Waals surface area contributed by atoms with Gasteiger partial charge in [-0.2, -0.15) is 13.2 Å². The van der Waals surface area contributed by atoms with E-state index in [0.29, 0.717) is 29.8 Å². The monoisotopic (exact) mass is 335 g/mol. The first kappa shape index (κ1) is 16.6. The number of H-pyrrole nitrogens is 1. The van der Waals surface area contributed by atoms with Crippen LogP contribution in [0.15, 0.2) is 30.3 Å². The number of para-hydroxylation sites is 1. The molecule has 3 nitrogen and oxygen atoms in total. The van der Waals surface area contributed by atoms with Gasteiger partial charge in [-0.25, -0.2) is 0 Å². The summed E-state index contributed by atoms with van der Waals surface area (Å²) in [4.78, 5) is 15.3. The van der Waals surface area contributed by atoms with E-state index in [1.165, 1.54) is 0 Å². The van der Waals surface area contributed by atoms with Crippen LogP contribution >= 0.6 is 0 Å². The molecule has 0 saturated carbocycles. The predicted molar refractivity (Wildman–Crippen MR) is 86.4 cm³/mol. The minimum Gasteiger partial charge on any atom is -0.359 e. The molecule has 2 aromatic rings. The van der Waals surface area contributed by atoms with Gasteiger partial charge in [0.2, 0.25) is 0 Å². The molecule has 0 spiro atoms. The second-order valence-corrected chi connectivity index (χ2v) is 6.89. The number of carbonyl (C=O) groups is 1. The van der Waals surface area contributed by atoms with Gasteiger partial charge in [-0.3, -0.25) is 4.79 Å². The van der Waals surface area contributed by atoms with Gasteiger partial charge in [0.25, 0.3) is 0 Å². The Bertz CT molecular complexity index is 761. The molecule has 6 heteroatoms. The molecule has 1 heterocycles. The first-order valence-electron chi connectivity index (χ1n) is 7.67. The SMILES string of the molecule is CC1(C)CC(=O)c2c([nH]c([CH]C(F)(F)F)c2Nc2ccccc2)C1. The molecule has 24 heavy (non-hydrogen) atoms. The van der Waals surface area contributed by atoms with Crippen LogP contribution in [0, 0.1) is 11.8 Å². The minimum atomic E-state index is -4.47. The van der Waals surface area contributed by atoms with E-state index < -0.39 is 6.18 Å². The number of alkyl halides is 3. The number of hydrogen-bond donors (Lipinski definition) is 2. The van der Waals surface area contributed by atoms with E-state index in [1.54, 1.807) is 24.3 Å². The number of ketones is 1. The fraction of sp³-hybridized carbons (Fsp3) is 0.333. The molecule has 3 rings (SSSR count). The summed E-state index contributed by atoms with van der Waals surface area (Å²) in [7, 11) is 0. The number of Topliss-reactive ketones (excluding diaryl/α,β-unsaturated/α-hetero) is 1. The van der Waals surface area contributed by atoms with Gasteiger partial charge in [0.15, 0.2) is 5.78 Å². The normalized spacial score (nSPS) is 16.8. The zero-order chi connectivity index (χ0) is 17.5. The Morgan fingerprint density at radius 1 is 1.17 bits per heavy atom. The lowest BCUT2D eigenvalue weighted by atomic mass is 9.76. The molecule has 0 aliphatic heterocycles. The van der Waals surface area contributed by atoms with E-state index in [-0.39, 0.29) is 29.0 Å². The van der Waals surface area contributed by atoms with Crippen LogP contribution in [0.3, 0.4) is 0 Å². The van der Waals surface area contributed by atoms with Crippen molar-refractivity contribution in [2.45, 2.75) is 32.9 Å². The average molecular weight is 335 g/mol. The highest BCUT2D eigenvalue weighted by Crippen LogP contribution is 2.41. The third-order valence-electron chi connectivity index (χ3n) is 4.03. The van der Waals surface area contributed by atoms with Gasteiger partial charge in [0.1, 0.15) is 6.42 Å². The van der Waals surface area contributed by atoms with E-state index in [0.717, 1.165) is 0 Å². The first-order chi connectivity index (χ1) is 11.1. The fourth-order valence-corrected chi connectivity index (χ4v) is 3.15. The van der Waals surface area contributed by atoms with E-state index >= 15 is 0 Å². The number of carbonyl (C=O) groups excluding carboxylic acids is 1. The maximum absolute atomic E-state index is 12.9. The molecule has 1 aromatic carbocycles. The number of fused-ring (bicyclic) bond motifs is 1. The Morgan fingerprint density at radius 2 is 1.83 bits per heavy atom. The topological polar surface area (TPSA) is 44.9 Å². The zero-order valence-corrected chi connectivity index (χ0v) is 13.4. The number of hydrogen-bond acceptors (Lipinski definition) is 2. The minimum absolute atomic E-state index is 0.109. The van der Waals surface area contributed by atoms with Crippen molar-refractivity contribution in [1.82, 2.24) is 4.98 Å². The second kappa shape index (κ2) is 5.69. The average Bonchev–Trinajstić information content (AvgIpc) is 2.74. The molecular formula is C18H18F3N2O. The smallest absolute Gasteiger partial charge is 0.359 e. The number of aromatic nitrogens is 1. The van der Waals surface area contributed by atoms with Crippen molar-refractivity contribution in [1.29, 1.82) is 0 Å². The van der Waals surface area contributed by atoms with Gasteiger partial charge in [-0.15, -0.1) is 0 Å². The highest BCUT2D eigenvalue weighted by Gasteiger charge is 2.38. The molecule has 0 saturated heterocycles. The Hall–Kier alpha value is -2.24. The lowest BCUT2D eigenvalue weighted by molar-refractivity contribution is -0.0930. The van der Waals surface area contributed by atoms with Crippen molar-refractivity contribution >= 4 is 17.2 Å². The van der Waals surface area contributed by atoms with Crippen LogP contribution in [0.1, 0.15) is 42.0 Å². The summed E-state index contributed by atoms with van der Waals surface area (Å²) in [5, 5.41) is 2.98. The summed E-state index contributed by atoms with van der Waals surface area (Å²) in [6.45, 7) is 3.87. The molecular weight excluding hydrogens is 317 g/mol. The maximum atomic E-state index is 12.9. The molecule has 0 unspecified atom stereocenters. The maximum Gasteiger partial charge on any atom is 0.398 e. The number of aromatic amines is 1. The predicted octanol–water partition coefficient (Wildman–Crippen LogP) is 5.03. The molecule has 2 N–H and O–H groups in total. The fourth-order valence-electron chi connectivity index (χ4n) is 3.15. The number of benzene rings is 1. The Morgan fingerprint density at radius 3 is 2.46 bits per heavy atom. The van der Waals surface area contributed by atoms with Crippen molar-refractivity contribution < 1.29 is 18.0 Å². The second-order valence-electron chi connectivity index (χ2n) is 6.89. The molecule has 0 amide bonds. The van der Waals surface area contributed by atoms with E-state index in [9.17, 15) is 18.0 Å². The third-order valence-corrected chi connectivity index (χ3v) is 4.03. The Balaban J connectivity index is 2.07. The highest BCUT2D eigenvalue weighted by molar-refractivity contribution is 6.05. The molecule has 1 radical (unpaired) electrons. The molecule has 0 fully saturated rings. The number of nitrogens with one attached hydrogen (secondary N) is 2. The van der Waals surface area contributed by atoms with Crippen molar-refractivity contribution in [3.63, 3.8) is 0 Å². The van der Waals surface area contributed by atoms with Crippen molar-refractivity contribution in [3.05, 3.63) is 53.7 Å². The summed E-state index contributed by atoms with van der Waals surface area (Å²) in [6, 6.07) is 8.86. The molecule has 1 aliphatic carbocycles. The lowest BCUT2D eigenvalue weighted by Crippen LogP contribution is -2.26. The van der Waals surface area contributed by atoms with Crippen molar-refractivity contribution in [2.75, 3.05) is 5.32 Å². The number of halogens is 3. The van der Waals surface area contributed by atoms with Crippen LogP contribution < -0.4 is 5.32 Å². The van der Waals surface area contributed by atoms with Crippen LogP contribution in [-0.4, -0.2) is 16.9 Å². The number of rotatable bonds is 3. The molecule has 1 aromatic heterocycles. The van der Waals surface area contributed by atoms with Crippen LogP contribution in [0.25, 0.3) is 0 Å².